The van der Waals surface area contributed by atoms with E-state index >= 15 is 0 Å². The molecule has 3 N–H and O–H groups in total. The van der Waals surface area contributed by atoms with E-state index in [1.54, 1.807) is 29.0 Å². The van der Waals surface area contributed by atoms with Crippen molar-refractivity contribution in [2.24, 2.45) is 0 Å². The van der Waals surface area contributed by atoms with Crippen molar-refractivity contribution in [3.05, 3.63) is 90.4 Å². The number of aromatic nitrogens is 4. The molecule has 0 saturated heterocycles. The lowest BCUT2D eigenvalue weighted by Crippen LogP contribution is -2.03. The maximum absolute atomic E-state index is 14.5. The average molecular weight is 411 g/mol. The number of aliphatic hydroxyl groups excluding tert-OH is 1. The minimum Gasteiger partial charge on any atom is -0.392 e. The highest BCUT2D eigenvalue weighted by Gasteiger charge is 2.19. The summed E-state index contributed by atoms with van der Waals surface area (Å²) >= 11 is 0. The zero-order chi connectivity index (χ0) is 21.4. The summed E-state index contributed by atoms with van der Waals surface area (Å²) in [7, 11) is 0. The van der Waals surface area contributed by atoms with Crippen LogP contribution in [0.2, 0.25) is 0 Å². The van der Waals surface area contributed by atoms with Crippen LogP contribution in [0.5, 0.6) is 0 Å². The molecule has 3 aromatic heterocycles. The van der Waals surface area contributed by atoms with Gasteiger partial charge in [0, 0.05) is 17.3 Å². The van der Waals surface area contributed by atoms with Gasteiger partial charge in [0.15, 0.2) is 11.5 Å². The van der Waals surface area contributed by atoms with Crippen LogP contribution in [0.15, 0.2) is 79.0 Å². The van der Waals surface area contributed by atoms with Gasteiger partial charge in [-0.15, -0.1) is 0 Å². The first-order chi connectivity index (χ1) is 15.2. The van der Waals surface area contributed by atoms with Crippen LogP contribution in [0.3, 0.4) is 0 Å². The largest absolute Gasteiger partial charge is 0.392 e. The van der Waals surface area contributed by atoms with Gasteiger partial charge in [0.2, 0.25) is 0 Å². The number of nitrogens with zero attached hydrogens (tertiary/aromatic N) is 4. The maximum Gasteiger partial charge on any atom is 0.165 e. The molecule has 0 aliphatic carbocycles. The fraction of sp³-hybridized carbons (Fsp3) is 0.0417. The van der Waals surface area contributed by atoms with E-state index in [2.05, 4.69) is 4.98 Å². The molecule has 0 saturated carbocycles. The molecule has 0 atom stereocenters. The maximum atomic E-state index is 14.5. The average Bonchev–Trinajstić information content (AvgIpc) is 3.18. The molecule has 5 aromatic rings. The third-order valence-corrected chi connectivity index (χ3v) is 5.12. The minimum atomic E-state index is -0.508. The van der Waals surface area contributed by atoms with E-state index < -0.39 is 5.82 Å². The van der Waals surface area contributed by atoms with Crippen molar-refractivity contribution in [3.8, 4) is 28.3 Å². The number of aliphatic hydroxyl groups is 1. The Balaban J connectivity index is 1.81. The van der Waals surface area contributed by atoms with Gasteiger partial charge < -0.3 is 10.8 Å². The van der Waals surface area contributed by atoms with E-state index in [0.717, 1.165) is 11.3 Å². The summed E-state index contributed by atoms with van der Waals surface area (Å²) in [6.07, 6.45) is 1.60. The summed E-state index contributed by atoms with van der Waals surface area (Å²) in [5.74, 6) is 0.315. The molecular formula is C24H18FN5O. The first-order valence-electron chi connectivity index (χ1n) is 9.71. The van der Waals surface area contributed by atoms with Crippen LogP contribution in [0.25, 0.3) is 39.5 Å². The van der Waals surface area contributed by atoms with Gasteiger partial charge in [-0.2, -0.15) is 0 Å². The van der Waals surface area contributed by atoms with E-state index in [0.29, 0.717) is 34.1 Å². The number of nitrogens with two attached hydrogens (primary N) is 1. The van der Waals surface area contributed by atoms with Gasteiger partial charge in [0.25, 0.3) is 0 Å². The molecular weight excluding hydrogens is 393 g/mol. The number of hydrogen-bond donors (Lipinski definition) is 2. The SMILES string of the molecule is Nc1ncccc1-c1nc2ccc(-c3ccccc3)nc2n1-c1ccc(CO)c(F)c1. The molecule has 2 aromatic carbocycles. The Morgan fingerprint density at radius 1 is 0.935 bits per heavy atom. The number of imidazole rings is 1. The summed E-state index contributed by atoms with van der Waals surface area (Å²) in [5, 5.41) is 9.35. The predicted octanol–water partition coefficient (Wildman–Crippen LogP) is 4.36. The topological polar surface area (TPSA) is 89.9 Å². The highest BCUT2D eigenvalue weighted by molar-refractivity contribution is 5.84. The fourth-order valence-corrected chi connectivity index (χ4v) is 3.56. The third kappa shape index (κ3) is 3.31. The molecule has 0 aliphatic rings. The standard InChI is InChI=1S/C24H18FN5O/c25-19-13-17(9-8-16(19)14-31)30-23(18-7-4-12-27-22(18)26)29-21-11-10-20(28-24(21)30)15-5-2-1-3-6-15/h1-13,31H,14H2,(H2,26,27). The fourth-order valence-electron chi connectivity index (χ4n) is 3.56. The van der Waals surface area contributed by atoms with Crippen molar-refractivity contribution in [1.29, 1.82) is 0 Å². The van der Waals surface area contributed by atoms with Crippen LogP contribution in [0.4, 0.5) is 10.2 Å². The second-order valence-electron chi connectivity index (χ2n) is 7.05. The van der Waals surface area contributed by atoms with Crippen molar-refractivity contribution >= 4 is 17.0 Å². The quantitative estimate of drug-likeness (QED) is 0.459. The summed E-state index contributed by atoms with van der Waals surface area (Å²) in [6, 6.07) is 21.8. The Morgan fingerprint density at radius 2 is 1.77 bits per heavy atom. The first kappa shape index (κ1) is 18.9. The second kappa shape index (κ2) is 7.62. The number of nitrogen functional groups attached to an aromatic ring is 1. The van der Waals surface area contributed by atoms with Crippen LogP contribution in [-0.4, -0.2) is 24.6 Å². The second-order valence-corrected chi connectivity index (χ2v) is 7.05. The number of fused-ring (bicyclic) bond motifs is 1. The van der Waals surface area contributed by atoms with Crippen LogP contribution in [0.1, 0.15) is 5.56 Å². The van der Waals surface area contributed by atoms with Crippen LogP contribution >= 0.6 is 0 Å². The zero-order valence-corrected chi connectivity index (χ0v) is 16.4. The molecule has 3 heterocycles. The molecule has 0 radical (unpaired) electrons. The van der Waals surface area contributed by atoms with Crippen molar-refractivity contribution in [1.82, 2.24) is 19.5 Å². The van der Waals surface area contributed by atoms with Crippen LogP contribution in [0, 0.1) is 5.82 Å². The first-order valence-corrected chi connectivity index (χ1v) is 9.71. The normalized spacial score (nSPS) is 11.2. The molecule has 152 valence electrons. The van der Waals surface area contributed by atoms with Gasteiger partial charge in [-0.1, -0.05) is 36.4 Å². The van der Waals surface area contributed by atoms with Crippen molar-refractivity contribution in [2.75, 3.05) is 5.73 Å². The van der Waals surface area contributed by atoms with Crippen molar-refractivity contribution in [2.45, 2.75) is 6.61 Å². The molecule has 7 heteroatoms. The summed E-state index contributed by atoms with van der Waals surface area (Å²) < 4.78 is 16.3. The number of halogens is 1. The number of rotatable bonds is 4. The third-order valence-electron chi connectivity index (χ3n) is 5.12. The van der Waals surface area contributed by atoms with Crippen LogP contribution in [-0.2, 0) is 6.61 Å². The smallest absolute Gasteiger partial charge is 0.165 e. The summed E-state index contributed by atoms with van der Waals surface area (Å²) in [5.41, 5.74) is 10.4. The number of anilines is 1. The molecule has 0 unspecified atom stereocenters. The Labute approximate surface area is 177 Å². The molecule has 0 fully saturated rings. The molecule has 0 amide bonds. The number of pyridine rings is 2. The predicted molar refractivity (Wildman–Crippen MR) is 118 cm³/mol. The van der Waals surface area contributed by atoms with Gasteiger partial charge in [0.1, 0.15) is 17.2 Å². The van der Waals surface area contributed by atoms with E-state index in [-0.39, 0.29) is 12.2 Å². The Kier molecular flexibility index (Phi) is 4.65. The highest BCUT2D eigenvalue weighted by Crippen LogP contribution is 2.32. The summed E-state index contributed by atoms with van der Waals surface area (Å²) in [6.45, 7) is -0.379. The zero-order valence-electron chi connectivity index (χ0n) is 16.4. The lowest BCUT2D eigenvalue weighted by Gasteiger charge is -2.12. The number of benzene rings is 2. The summed E-state index contributed by atoms with van der Waals surface area (Å²) in [4.78, 5) is 13.7. The van der Waals surface area contributed by atoms with Gasteiger partial charge in [0.05, 0.1) is 23.6 Å². The molecule has 31 heavy (non-hydrogen) atoms. The van der Waals surface area contributed by atoms with E-state index in [9.17, 15) is 9.50 Å². The van der Waals surface area contributed by atoms with Gasteiger partial charge in [-0.3, -0.25) is 4.57 Å². The Bertz CT molecular complexity index is 1400. The highest BCUT2D eigenvalue weighted by atomic mass is 19.1. The Hall–Kier alpha value is -4.10. The number of hydrogen-bond acceptors (Lipinski definition) is 5. The lowest BCUT2D eigenvalue weighted by atomic mass is 10.1. The molecule has 5 rings (SSSR count). The Morgan fingerprint density at radius 3 is 2.52 bits per heavy atom. The minimum absolute atomic E-state index is 0.216. The van der Waals surface area contributed by atoms with Crippen molar-refractivity contribution in [3.63, 3.8) is 0 Å². The molecule has 6 nitrogen and oxygen atoms in total. The van der Waals surface area contributed by atoms with Gasteiger partial charge in [-0.25, -0.2) is 19.3 Å². The van der Waals surface area contributed by atoms with Gasteiger partial charge in [-0.05, 0) is 36.4 Å². The van der Waals surface area contributed by atoms with Gasteiger partial charge >= 0.3 is 0 Å². The van der Waals surface area contributed by atoms with E-state index in [4.69, 9.17) is 15.7 Å². The molecule has 0 spiro atoms. The monoisotopic (exact) mass is 411 g/mol. The molecule has 0 aliphatic heterocycles. The van der Waals surface area contributed by atoms with E-state index in [1.165, 1.54) is 6.07 Å². The van der Waals surface area contributed by atoms with E-state index in [1.807, 2.05) is 48.5 Å². The van der Waals surface area contributed by atoms with Crippen LogP contribution < -0.4 is 5.73 Å². The van der Waals surface area contributed by atoms with Crippen molar-refractivity contribution < 1.29 is 9.50 Å². The lowest BCUT2D eigenvalue weighted by molar-refractivity contribution is 0.275. The molecule has 0 bridgehead atoms.